The van der Waals surface area contributed by atoms with Gasteiger partial charge in [0.05, 0.1) is 12.5 Å². The Kier molecular flexibility index (Phi) is 6.62. The minimum Gasteiger partial charge on any atom is -0.481 e. The van der Waals surface area contributed by atoms with Gasteiger partial charge >= 0.3 is 17.9 Å². The van der Waals surface area contributed by atoms with Crippen LogP contribution >= 0.6 is 0 Å². The van der Waals surface area contributed by atoms with Gasteiger partial charge in [0.1, 0.15) is 0 Å². The lowest BCUT2D eigenvalue weighted by atomic mass is 9.95. The van der Waals surface area contributed by atoms with Crippen molar-refractivity contribution in [3.63, 3.8) is 0 Å². The van der Waals surface area contributed by atoms with Crippen LogP contribution in [0.3, 0.4) is 0 Å². The van der Waals surface area contributed by atoms with Crippen molar-refractivity contribution in [1.82, 2.24) is 0 Å². The van der Waals surface area contributed by atoms with E-state index in [0.29, 0.717) is 0 Å². The second-order valence-electron chi connectivity index (χ2n) is 3.50. The summed E-state index contributed by atoms with van der Waals surface area (Å²) < 4.78 is 4.66. The molecule has 0 fully saturated rings. The minimum absolute atomic E-state index is 0.0386. The van der Waals surface area contributed by atoms with Gasteiger partial charge in [0.2, 0.25) is 0 Å². The Morgan fingerprint density at radius 1 is 1.29 bits per heavy atom. The first-order valence-corrected chi connectivity index (χ1v) is 5.18. The van der Waals surface area contributed by atoms with E-state index >= 15 is 0 Å². The SMILES string of the molecule is C=C(CC(CCC(=O)O)C(=O)O)C(=O)OCC. The van der Waals surface area contributed by atoms with Crippen LogP contribution in [-0.2, 0) is 19.1 Å². The van der Waals surface area contributed by atoms with E-state index in [1.165, 1.54) is 0 Å². The van der Waals surface area contributed by atoms with Crippen LogP contribution in [0.5, 0.6) is 0 Å². The highest BCUT2D eigenvalue weighted by Crippen LogP contribution is 2.17. The molecule has 0 saturated carbocycles. The van der Waals surface area contributed by atoms with Gasteiger partial charge in [-0.05, 0) is 19.8 Å². The van der Waals surface area contributed by atoms with E-state index in [1.54, 1.807) is 6.92 Å². The standard InChI is InChI=1S/C11H16O6/c1-3-17-11(16)7(2)6-8(10(14)15)4-5-9(12)13/h8H,2-6H2,1H3,(H,12,13)(H,14,15). The first-order chi connectivity index (χ1) is 7.88. The van der Waals surface area contributed by atoms with Crippen LogP contribution in [0.25, 0.3) is 0 Å². The summed E-state index contributed by atoms with van der Waals surface area (Å²) in [4.78, 5) is 32.4. The average molecular weight is 244 g/mol. The minimum atomic E-state index is -1.14. The Balaban J connectivity index is 4.34. The summed E-state index contributed by atoms with van der Waals surface area (Å²) in [6.45, 7) is 5.25. The smallest absolute Gasteiger partial charge is 0.333 e. The van der Waals surface area contributed by atoms with Crippen LogP contribution in [0.4, 0.5) is 0 Å². The van der Waals surface area contributed by atoms with E-state index in [2.05, 4.69) is 11.3 Å². The van der Waals surface area contributed by atoms with Gasteiger partial charge < -0.3 is 14.9 Å². The zero-order chi connectivity index (χ0) is 13.4. The molecule has 0 saturated heterocycles. The van der Waals surface area contributed by atoms with E-state index in [4.69, 9.17) is 10.2 Å². The average Bonchev–Trinajstić information content (AvgIpc) is 2.23. The molecule has 0 bridgehead atoms. The van der Waals surface area contributed by atoms with Crippen molar-refractivity contribution in [1.29, 1.82) is 0 Å². The van der Waals surface area contributed by atoms with Crippen LogP contribution < -0.4 is 0 Å². The van der Waals surface area contributed by atoms with Gasteiger partial charge in [0, 0.05) is 12.0 Å². The molecule has 0 rings (SSSR count). The Morgan fingerprint density at radius 2 is 1.88 bits per heavy atom. The Labute approximate surface area is 98.9 Å². The first-order valence-electron chi connectivity index (χ1n) is 5.18. The van der Waals surface area contributed by atoms with E-state index in [1.807, 2.05) is 0 Å². The molecule has 0 aromatic rings. The molecule has 2 N–H and O–H groups in total. The summed E-state index contributed by atoms with van der Waals surface area (Å²) in [5.41, 5.74) is 0.0460. The number of carboxylic acid groups (broad SMARTS) is 2. The van der Waals surface area contributed by atoms with Crippen molar-refractivity contribution in [3.05, 3.63) is 12.2 Å². The molecule has 0 amide bonds. The van der Waals surface area contributed by atoms with Crippen LogP contribution in [0.2, 0.25) is 0 Å². The van der Waals surface area contributed by atoms with Gasteiger partial charge in [-0.25, -0.2) is 4.79 Å². The third-order valence-electron chi connectivity index (χ3n) is 2.11. The summed E-state index contributed by atoms with van der Waals surface area (Å²) in [6, 6.07) is 0. The van der Waals surface area contributed by atoms with Crippen LogP contribution in [-0.4, -0.2) is 34.7 Å². The molecule has 0 aliphatic carbocycles. The molecular formula is C11H16O6. The maximum atomic E-state index is 11.2. The molecule has 0 aromatic carbocycles. The molecule has 0 aliphatic heterocycles. The molecule has 17 heavy (non-hydrogen) atoms. The highest BCUT2D eigenvalue weighted by atomic mass is 16.5. The lowest BCUT2D eigenvalue weighted by molar-refractivity contribution is -0.143. The molecule has 0 aromatic heterocycles. The third-order valence-corrected chi connectivity index (χ3v) is 2.11. The molecule has 0 spiro atoms. The first kappa shape index (κ1) is 15.2. The number of ether oxygens (including phenoxy) is 1. The molecule has 1 atom stereocenters. The zero-order valence-electron chi connectivity index (χ0n) is 9.64. The number of carbonyl (C=O) groups excluding carboxylic acids is 1. The van der Waals surface area contributed by atoms with Crippen molar-refractivity contribution in [2.24, 2.45) is 5.92 Å². The zero-order valence-corrected chi connectivity index (χ0v) is 9.64. The predicted octanol–water partition coefficient (Wildman–Crippen LogP) is 1.06. The van der Waals surface area contributed by atoms with Crippen molar-refractivity contribution in [2.45, 2.75) is 26.2 Å². The molecule has 0 heterocycles. The number of carbonyl (C=O) groups is 3. The fraction of sp³-hybridized carbons (Fsp3) is 0.545. The number of aliphatic carboxylic acids is 2. The van der Waals surface area contributed by atoms with Crippen LogP contribution in [0, 0.1) is 5.92 Å². The number of esters is 1. The molecular weight excluding hydrogens is 228 g/mol. The van der Waals surface area contributed by atoms with Crippen molar-refractivity contribution in [2.75, 3.05) is 6.61 Å². The summed E-state index contributed by atoms with van der Waals surface area (Å²) in [7, 11) is 0. The second kappa shape index (κ2) is 7.43. The van der Waals surface area contributed by atoms with Gasteiger partial charge in [0.25, 0.3) is 0 Å². The molecule has 6 heteroatoms. The predicted molar refractivity (Wildman–Crippen MR) is 58.4 cm³/mol. The summed E-state index contributed by atoms with van der Waals surface area (Å²) in [6.07, 6.45) is -0.391. The quantitative estimate of drug-likeness (QED) is 0.489. The topological polar surface area (TPSA) is 101 Å². The van der Waals surface area contributed by atoms with Gasteiger partial charge in [-0.15, -0.1) is 0 Å². The number of rotatable bonds is 8. The summed E-state index contributed by atoms with van der Waals surface area (Å²) in [5.74, 6) is -3.79. The number of hydrogen-bond acceptors (Lipinski definition) is 4. The van der Waals surface area contributed by atoms with Gasteiger partial charge in [-0.2, -0.15) is 0 Å². The number of hydrogen-bond donors (Lipinski definition) is 2. The maximum Gasteiger partial charge on any atom is 0.333 e. The largest absolute Gasteiger partial charge is 0.481 e. The maximum absolute atomic E-state index is 11.2. The molecule has 0 radical (unpaired) electrons. The van der Waals surface area contributed by atoms with Crippen molar-refractivity contribution >= 4 is 17.9 Å². The molecule has 6 nitrogen and oxygen atoms in total. The molecule has 1 unspecified atom stereocenters. The van der Waals surface area contributed by atoms with E-state index < -0.39 is 23.8 Å². The Morgan fingerprint density at radius 3 is 2.29 bits per heavy atom. The highest BCUT2D eigenvalue weighted by Gasteiger charge is 2.22. The third kappa shape index (κ3) is 6.34. The highest BCUT2D eigenvalue weighted by molar-refractivity contribution is 5.88. The van der Waals surface area contributed by atoms with Crippen molar-refractivity contribution in [3.8, 4) is 0 Å². The molecule has 96 valence electrons. The van der Waals surface area contributed by atoms with Crippen LogP contribution in [0.15, 0.2) is 12.2 Å². The lowest BCUT2D eigenvalue weighted by Crippen LogP contribution is -2.19. The molecule has 0 aliphatic rings. The normalized spacial score (nSPS) is 11.6. The fourth-order valence-corrected chi connectivity index (χ4v) is 1.22. The van der Waals surface area contributed by atoms with Gasteiger partial charge in [-0.3, -0.25) is 9.59 Å². The fourth-order valence-electron chi connectivity index (χ4n) is 1.22. The van der Waals surface area contributed by atoms with Gasteiger partial charge in [0.15, 0.2) is 0 Å². The van der Waals surface area contributed by atoms with Crippen LogP contribution in [0.1, 0.15) is 26.2 Å². The van der Waals surface area contributed by atoms with E-state index in [9.17, 15) is 14.4 Å². The van der Waals surface area contributed by atoms with Gasteiger partial charge in [-0.1, -0.05) is 6.58 Å². The van der Waals surface area contributed by atoms with Crippen molar-refractivity contribution < 1.29 is 29.3 Å². The summed E-state index contributed by atoms with van der Waals surface area (Å²) >= 11 is 0. The van der Waals surface area contributed by atoms with E-state index in [0.717, 1.165) is 0 Å². The Bertz CT molecular complexity index is 320. The second-order valence-corrected chi connectivity index (χ2v) is 3.50. The number of carboxylic acids is 2. The Hall–Kier alpha value is -1.85. The summed E-state index contributed by atoms with van der Waals surface area (Å²) in [5, 5.41) is 17.3. The van der Waals surface area contributed by atoms with E-state index in [-0.39, 0.29) is 31.4 Å². The lowest BCUT2D eigenvalue weighted by Gasteiger charge is -2.12. The monoisotopic (exact) mass is 244 g/mol.